The van der Waals surface area contributed by atoms with Gasteiger partial charge in [0.1, 0.15) is 0 Å². The minimum absolute atomic E-state index is 0.174. The molecule has 0 unspecified atom stereocenters. The molecule has 0 radical (unpaired) electrons. The maximum Gasteiger partial charge on any atom is 0.261 e. The topological polar surface area (TPSA) is 66.5 Å². The molecule has 6 heteroatoms. The molecule has 0 fully saturated rings. The van der Waals surface area contributed by atoms with Gasteiger partial charge in [-0.2, -0.15) is 0 Å². The van der Waals surface area contributed by atoms with E-state index < -0.39 is 0 Å². The van der Waals surface area contributed by atoms with Gasteiger partial charge in [0.2, 0.25) is 5.91 Å². The van der Waals surface area contributed by atoms with Gasteiger partial charge in [0.15, 0.2) is 0 Å². The third-order valence-electron chi connectivity index (χ3n) is 4.10. The summed E-state index contributed by atoms with van der Waals surface area (Å²) in [6, 6.07) is 13.9. The Kier molecular flexibility index (Phi) is 5.90. The molecule has 0 atom stereocenters. The second-order valence-electron chi connectivity index (χ2n) is 6.00. The Morgan fingerprint density at radius 2 is 1.74 bits per heavy atom. The minimum Gasteiger partial charge on any atom is -0.345 e. The molecule has 1 aliphatic rings. The summed E-state index contributed by atoms with van der Waals surface area (Å²) in [5, 5.41) is 3.31. The Hall–Kier alpha value is -3.10. The third kappa shape index (κ3) is 4.55. The SMILES string of the molecule is O=C(CCCN1C(=O)c2ccccc2C1=O)NCC#Cc1cccc(Cl)c1. The van der Waals surface area contributed by atoms with Gasteiger partial charge in [-0.25, -0.2) is 0 Å². The minimum atomic E-state index is -0.302. The van der Waals surface area contributed by atoms with Gasteiger partial charge in [0.25, 0.3) is 11.8 Å². The molecule has 136 valence electrons. The highest BCUT2D eigenvalue weighted by molar-refractivity contribution is 6.30. The summed E-state index contributed by atoms with van der Waals surface area (Å²) >= 11 is 5.88. The Bertz CT molecular complexity index is 924. The van der Waals surface area contributed by atoms with Crippen molar-refractivity contribution >= 4 is 29.3 Å². The van der Waals surface area contributed by atoms with Crippen LogP contribution in [0.1, 0.15) is 39.1 Å². The smallest absolute Gasteiger partial charge is 0.261 e. The van der Waals surface area contributed by atoms with E-state index in [1.54, 1.807) is 36.4 Å². The lowest BCUT2D eigenvalue weighted by Crippen LogP contribution is -2.32. The fraction of sp³-hybridized carbons (Fsp3) is 0.190. The summed E-state index contributed by atoms with van der Waals surface area (Å²) < 4.78 is 0. The molecule has 1 heterocycles. The van der Waals surface area contributed by atoms with Crippen LogP contribution in [-0.4, -0.2) is 35.7 Å². The molecule has 0 saturated heterocycles. The number of halogens is 1. The summed E-state index contributed by atoms with van der Waals surface area (Å²) in [6.45, 7) is 0.437. The number of nitrogens with one attached hydrogen (secondary N) is 1. The molecule has 0 saturated carbocycles. The number of fused-ring (bicyclic) bond motifs is 1. The highest BCUT2D eigenvalue weighted by atomic mass is 35.5. The summed E-state index contributed by atoms with van der Waals surface area (Å²) in [5.74, 6) is 5.00. The molecule has 2 aromatic carbocycles. The summed E-state index contributed by atoms with van der Waals surface area (Å²) in [4.78, 5) is 37.5. The van der Waals surface area contributed by atoms with Crippen molar-refractivity contribution in [3.63, 3.8) is 0 Å². The second kappa shape index (κ2) is 8.52. The quantitative estimate of drug-likeness (QED) is 0.640. The number of carbonyl (C=O) groups excluding carboxylic acids is 3. The van der Waals surface area contributed by atoms with Crippen molar-refractivity contribution in [2.75, 3.05) is 13.1 Å². The van der Waals surface area contributed by atoms with Crippen molar-refractivity contribution in [2.45, 2.75) is 12.8 Å². The molecule has 1 aliphatic heterocycles. The molecule has 0 bridgehead atoms. The van der Waals surface area contributed by atoms with Crippen molar-refractivity contribution < 1.29 is 14.4 Å². The van der Waals surface area contributed by atoms with Crippen molar-refractivity contribution in [3.05, 3.63) is 70.2 Å². The maximum absolute atomic E-state index is 12.2. The molecule has 0 spiro atoms. The molecule has 0 aliphatic carbocycles. The zero-order chi connectivity index (χ0) is 19.2. The summed E-state index contributed by atoms with van der Waals surface area (Å²) in [7, 11) is 0. The molecule has 1 N–H and O–H groups in total. The van der Waals surface area contributed by atoms with E-state index in [2.05, 4.69) is 17.2 Å². The standard InChI is InChI=1S/C21H17ClN2O3/c22-16-8-3-6-15(14-16)7-4-12-23-19(25)11-5-13-24-20(26)17-9-1-2-10-18(17)21(24)27/h1-3,6,8-10,14H,5,11-13H2,(H,23,25). The normalized spacial score (nSPS) is 12.4. The number of amides is 3. The lowest BCUT2D eigenvalue weighted by molar-refractivity contribution is -0.121. The van der Waals surface area contributed by atoms with Crippen LogP contribution in [0.25, 0.3) is 0 Å². The molecular weight excluding hydrogens is 364 g/mol. The third-order valence-corrected chi connectivity index (χ3v) is 4.33. The number of rotatable bonds is 5. The van der Waals surface area contributed by atoms with E-state index in [4.69, 9.17) is 11.6 Å². The number of hydrogen-bond acceptors (Lipinski definition) is 3. The number of nitrogens with zero attached hydrogens (tertiary/aromatic N) is 1. The van der Waals surface area contributed by atoms with Crippen LogP contribution in [-0.2, 0) is 4.79 Å². The van der Waals surface area contributed by atoms with Crippen LogP contribution < -0.4 is 5.32 Å². The van der Waals surface area contributed by atoms with E-state index in [0.717, 1.165) is 5.56 Å². The molecule has 5 nitrogen and oxygen atoms in total. The van der Waals surface area contributed by atoms with E-state index in [1.165, 1.54) is 4.90 Å². The first-order chi connectivity index (χ1) is 13.1. The van der Waals surface area contributed by atoms with Crippen LogP contribution in [0.3, 0.4) is 0 Å². The van der Waals surface area contributed by atoms with Crippen molar-refractivity contribution in [2.24, 2.45) is 0 Å². The van der Waals surface area contributed by atoms with Crippen molar-refractivity contribution in [1.82, 2.24) is 10.2 Å². The van der Waals surface area contributed by atoms with Gasteiger partial charge in [0, 0.05) is 23.6 Å². The van der Waals surface area contributed by atoms with Gasteiger partial charge in [-0.1, -0.05) is 41.6 Å². The highest BCUT2D eigenvalue weighted by Gasteiger charge is 2.34. The first-order valence-corrected chi connectivity index (χ1v) is 8.90. The highest BCUT2D eigenvalue weighted by Crippen LogP contribution is 2.22. The van der Waals surface area contributed by atoms with Crippen LogP contribution in [0.5, 0.6) is 0 Å². The monoisotopic (exact) mass is 380 g/mol. The van der Waals surface area contributed by atoms with Crippen LogP contribution in [0.2, 0.25) is 5.02 Å². The largest absolute Gasteiger partial charge is 0.345 e. The lowest BCUT2D eigenvalue weighted by atomic mass is 10.1. The molecule has 3 rings (SSSR count). The Labute approximate surface area is 162 Å². The number of imide groups is 1. The maximum atomic E-state index is 12.2. The van der Waals surface area contributed by atoms with E-state index in [-0.39, 0.29) is 37.2 Å². The van der Waals surface area contributed by atoms with E-state index in [9.17, 15) is 14.4 Å². The van der Waals surface area contributed by atoms with Crippen LogP contribution in [0, 0.1) is 11.8 Å². The van der Waals surface area contributed by atoms with Gasteiger partial charge in [-0.3, -0.25) is 19.3 Å². The van der Waals surface area contributed by atoms with Crippen molar-refractivity contribution in [1.29, 1.82) is 0 Å². The molecule has 0 aromatic heterocycles. The molecule has 2 aromatic rings. The van der Waals surface area contributed by atoms with E-state index >= 15 is 0 Å². The Morgan fingerprint density at radius 3 is 2.41 bits per heavy atom. The number of carbonyl (C=O) groups is 3. The molecule has 27 heavy (non-hydrogen) atoms. The zero-order valence-corrected chi connectivity index (χ0v) is 15.3. The van der Waals surface area contributed by atoms with Crippen LogP contribution in [0.4, 0.5) is 0 Å². The van der Waals surface area contributed by atoms with E-state index in [0.29, 0.717) is 22.6 Å². The van der Waals surface area contributed by atoms with Crippen LogP contribution in [0.15, 0.2) is 48.5 Å². The van der Waals surface area contributed by atoms with Gasteiger partial charge in [-0.05, 0) is 36.8 Å². The average Bonchev–Trinajstić information content (AvgIpc) is 2.90. The fourth-order valence-electron chi connectivity index (χ4n) is 2.78. The zero-order valence-electron chi connectivity index (χ0n) is 14.5. The van der Waals surface area contributed by atoms with Crippen LogP contribution >= 0.6 is 11.6 Å². The predicted molar refractivity (Wildman–Crippen MR) is 102 cm³/mol. The Balaban J connectivity index is 1.42. The first-order valence-electron chi connectivity index (χ1n) is 8.52. The number of benzene rings is 2. The van der Waals surface area contributed by atoms with Gasteiger partial charge in [0.05, 0.1) is 17.7 Å². The predicted octanol–water partition coefficient (Wildman–Crippen LogP) is 2.88. The molecular formula is C21H17ClN2O3. The van der Waals surface area contributed by atoms with Gasteiger partial charge < -0.3 is 5.32 Å². The second-order valence-corrected chi connectivity index (χ2v) is 6.44. The number of hydrogen-bond donors (Lipinski definition) is 1. The summed E-state index contributed by atoms with van der Waals surface area (Å²) in [6.07, 6.45) is 0.616. The first kappa shape index (κ1) is 18.7. The summed E-state index contributed by atoms with van der Waals surface area (Å²) in [5.41, 5.74) is 1.62. The van der Waals surface area contributed by atoms with Crippen molar-refractivity contribution in [3.8, 4) is 11.8 Å². The van der Waals surface area contributed by atoms with Gasteiger partial charge in [-0.15, -0.1) is 0 Å². The van der Waals surface area contributed by atoms with Gasteiger partial charge >= 0.3 is 0 Å². The fourth-order valence-corrected chi connectivity index (χ4v) is 2.97. The van der Waals surface area contributed by atoms with E-state index in [1.807, 2.05) is 12.1 Å². The average molecular weight is 381 g/mol. The Morgan fingerprint density at radius 1 is 1.04 bits per heavy atom. The lowest BCUT2D eigenvalue weighted by Gasteiger charge is -2.13. The molecule has 3 amide bonds.